The van der Waals surface area contributed by atoms with E-state index in [2.05, 4.69) is 5.32 Å². The number of nitrogen functional groups attached to an aromatic ring is 1. The SMILES string of the molecule is Nc1ccc(=O)n(CC(=O)Nc2ccc(Cl)c(Cl)c2)c1. The predicted octanol–water partition coefficient (Wildman–Crippen LogP) is 2.38. The average molecular weight is 312 g/mol. The normalized spacial score (nSPS) is 10.3. The van der Waals surface area contributed by atoms with Crippen molar-refractivity contribution in [3.05, 3.63) is 56.9 Å². The average Bonchev–Trinajstić information content (AvgIpc) is 2.38. The van der Waals surface area contributed by atoms with Crippen LogP contribution in [-0.2, 0) is 11.3 Å². The van der Waals surface area contributed by atoms with E-state index < -0.39 is 0 Å². The smallest absolute Gasteiger partial charge is 0.251 e. The van der Waals surface area contributed by atoms with Crippen LogP contribution in [0.25, 0.3) is 0 Å². The topological polar surface area (TPSA) is 77.1 Å². The lowest BCUT2D eigenvalue weighted by Crippen LogP contribution is -2.27. The Kier molecular flexibility index (Phi) is 4.32. The minimum Gasteiger partial charge on any atom is -0.398 e. The van der Waals surface area contributed by atoms with E-state index in [0.717, 1.165) is 0 Å². The molecule has 1 aromatic carbocycles. The summed E-state index contributed by atoms with van der Waals surface area (Å²) in [6, 6.07) is 7.52. The standard InChI is InChI=1S/C13H11Cl2N3O2/c14-10-3-2-9(5-11(10)15)17-12(19)7-18-6-8(16)1-4-13(18)20/h1-6H,7,16H2,(H,17,19). The van der Waals surface area contributed by atoms with Crippen LogP contribution in [0.15, 0.2) is 41.3 Å². The van der Waals surface area contributed by atoms with Crippen LogP contribution >= 0.6 is 23.2 Å². The number of aromatic nitrogens is 1. The fourth-order valence-corrected chi connectivity index (χ4v) is 1.90. The second-order valence-electron chi connectivity index (χ2n) is 4.11. The lowest BCUT2D eigenvalue weighted by molar-refractivity contribution is -0.116. The quantitative estimate of drug-likeness (QED) is 0.913. The second kappa shape index (κ2) is 5.98. The van der Waals surface area contributed by atoms with Gasteiger partial charge in [-0.05, 0) is 24.3 Å². The monoisotopic (exact) mass is 311 g/mol. The lowest BCUT2D eigenvalue weighted by atomic mass is 10.3. The number of pyridine rings is 1. The van der Waals surface area contributed by atoms with E-state index in [0.29, 0.717) is 21.4 Å². The van der Waals surface area contributed by atoms with Crippen molar-refractivity contribution in [2.24, 2.45) is 0 Å². The number of benzene rings is 1. The van der Waals surface area contributed by atoms with Gasteiger partial charge in [-0.25, -0.2) is 0 Å². The molecule has 0 unspecified atom stereocenters. The third kappa shape index (κ3) is 3.53. The Balaban J connectivity index is 2.11. The molecule has 104 valence electrons. The third-order valence-electron chi connectivity index (χ3n) is 2.52. The summed E-state index contributed by atoms with van der Waals surface area (Å²) in [5, 5.41) is 3.36. The molecule has 2 aromatic rings. The van der Waals surface area contributed by atoms with E-state index in [1.54, 1.807) is 12.1 Å². The largest absolute Gasteiger partial charge is 0.398 e. The van der Waals surface area contributed by atoms with Gasteiger partial charge in [0.1, 0.15) is 6.54 Å². The van der Waals surface area contributed by atoms with Crippen LogP contribution in [0.2, 0.25) is 10.0 Å². The zero-order valence-electron chi connectivity index (χ0n) is 10.3. The van der Waals surface area contributed by atoms with Gasteiger partial charge in [0.2, 0.25) is 5.91 Å². The van der Waals surface area contributed by atoms with Gasteiger partial charge in [-0.3, -0.25) is 9.59 Å². The van der Waals surface area contributed by atoms with Crippen molar-refractivity contribution >= 4 is 40.5 Å². The number of nitrogens with one attached hydrogen (secondary N) is 1. The van der Waals surface area contributed by atoms with Crippen molar-refractivity contribution in [3.63, 3.8) is 0 Å². The first-order chi connectivity index (χ1) is 9.45. The zero-order chi connectivity index (χ0) is 14.7. The molecule has 3 N–H and O–H groups in total. The summed E-state index contributed by atoms with van der Waals surface area (Å²) < 4.78 is 1.22. The molecule has 0 radical (unpaired) electrons. The summed E-state index contributed by atoms with van der Waals surface area (Å²) in [5.74, 6) is -0.365. The number of carbonyl (C=O) groups excluding carboxylic acids is 1. The molecule has 0 atom stereocenters. The van der Waals surface area contributed by atoms with Crippen LogP contribution in [0.4, 0.5) is 11.4 Å². The van der Waals surface area contributed by atoms with Crippen molar-refractivity contribution in [2.75, 3.05) is 11.1 Å². The molecular formula is C13H11Cl2N3O2. The van der Waals surface area contributed by atoms with Gasteiger partial charge in [-0.1, -0.05) is 23.2 Å². The van der Waals surface area contributed by atoms with Crippen LogP contribution < -0.4 is 16.6 Å². The predicted molar refractivity (Wildman–Crippen MR) is 80.2 cm³/mol. The van der Waals surface area contributed by atoms with E-state index in [9.17, 15) is 9.59 Å². The Labute approximate surface area is 124 Å². The highest BCUT2D eigenvalue weighted by Gasteiger charge is 2.07. The van der Waals surface area contributed by atoms with Crippen LogP contribution in [0, 0.1) is 0 Å². The van der Waals surface area contributed by atoms with Crippen molar-refractivity contribution in [1.29, 1.82) is 0 Å². The molecule has 5 nitrogen and oxygen atoms in total. The van der Waals surface area contributed by atoms with E-state index >= 15 is 0 Å². The molecule has 0 aliphatic carbocycles. The number of nitrogens with zero attached hydrogens (tertiary/aromatic N) is 1. The minimum absolute atomic E-state index is 0.135. The van der Waals surface area contributed by atoms with Gasteiger partial charge < -0.3 is 15.6 Å². The number of amides is 1. The molecule has 2 rings (SSSR count). The first kappa shape index (κ1) is 14.4. The fourth-order valence-electron chi connectivity index (χ4n) is 1.60. The highest BCUT2D eigenvalue weighted by atomic mass is 35.5. The number of hydrogen-bond donors (Lipinski definition) is 2. The van der Waals surface area contributed by atoms with Gasteiger partial charge in [-0.15, -0.1) is 0 Å². The van der Waals surface area contributed by atoms with Gasteiger partial charge >= 0.3 is 0 Å². The van der Waals surface area contributed by atoms with Crippen LogP contribution in [0.5, 0.6) is 0 Å². The Morgan fingerprint density at radius 3 is 2.65 bits per heavy atom. The number of nitrogens with two attached hydrogens (primary N) is 1. The van der Waals surface area contributed by atoms with Gasteiger partial charge in [-0.2, -0.15) is 0 Å². The van der Waals surface area contributed by atoms with Crippen LogP contribution in [-0.4, -0.2) is 10.5 Å². The second-order valence-corrected chi connectivity index (χ2v) is 4.92. The molecule has 0 saturated heterocycles. The summed E-state index contributed by atoms with van der Waals surface area (Å²) in [4.78, 5) is 23.4. The number of rotatable bonds is 3. The maximum atomic E-state index is 11.9. The summed E-state index contributed by atoms with van der Waals surface area (Å²) >= 11 is 11.6. The molecule has 0 aliphatic heterocycles. The molecule has 1 aromatic heterocycles. The van der Waals surface area contributed by atoms with E-state index in [-0.39, 0.29) is 18.0 Å². The first-order valence-corrected chi connectivity index (χ1v) is 6.42. The Morgan fingerprint density at radius 2 is 1.95 bits per heavy atom. The minimum atomic E-state index is -0.365. The number of anilines is 2. The molecule has 7 heteroatoms. The highest BCUT2D eigenvalue weighted by Crippen LogP contribution is 2.24. The summed E-state index contributed by atoms with van der Waals surface area (Å²) in [7, 11) is 0. The van der Waals surface area contributed by atoms with E-state index in [1.807, 2.05) is 0 Å². The highest BCUT2D eigenvalue weighted by molar-refractivity contribution is 6.42. The Morgan fingerprint density at radius 1 is 1.20 bits per heavy atom. The van der Waals surface area contributed by atoms with E-state index in [1.165, 1.54) is 29.0 Å². The van der Waals surface area contributed by atoms with Gasteiger partial charge in [0.15, 0.2) is 0 Å². The molecular weight excluding hydrogens is 301 g/mol. The van der Waals surface area contributed by atoms with Crippen LogP contribution in [0.1, 0.15) is 0 Å². The summed E-state index contributed by atoms with van der Waals surface area (Å²) in [5.41, 5.74) is 6.18. The zero-order valence-corrected chi connectivity index (χ0v) is 11.8. The Bertz CT molecular complexity index is 713. The number of carbonyl (C=O) groups is 1. The molecule has 0 fully saturated rings. The fraction of sp³-hybridized carbons (Fsp3) is 0.0769. The van der Waals surface area contributed by atoms with Gasteiger partial charge in [0, 0.05) is 23.6 Å². The Hall–Kier alpha value is -1.98. The molecule has 20 heavy (non-hydrogen) atoms. The first-order valence-electron chi connectivity index (χ1n) is 5.66. The molecule has 1 amide bonds. The molecule has 0 bridgehead atoms. The molecule has 0 saturated carbocycles. The molecule has 0 spiro atoms. The molecule has 0 aliphatic rings. The number of halogens is 2. The van der Waals surface area contributed by atoms with Crippen molar-refractivity contribution in [3.8, 4) is 0 Å². The third-order valence-corrected chi connectivity index (χ3v) is 3.26. The van der Waals surface area contributed by atoms with Gasteiger partial charge in [0.25, 0.3) is 5.56 Å². The molecule has 1 heterocycles. The maximum Gasteiger partial charge on any atom is 0.251 e. The summed E-state index contributed by atoms with van der Waals surface area (Å²) in [6.07, 6.45) is 1.41. The van der Waals surface area contributed by atoms with Crippen LogP contribution in [0.3, 0.4) is 0 Å². The van der Waals surface area contributed by atoms with Crippen molar-refractivity contribution in [1.82, 2.24) is 4.57 Å². The summed E-state index contributed by atoms with van der Waals surface area (Å²) in [6.45, 7) is -0.135. The van der Waals surface area contributed by atoms with Crippen molar-refractivity contribution < 1.29 is 4.79 Å². The van der Waals surface area contributed by atoms with Gasteiger partial charge in [0.05, 0.1) is 10.0 Å². The maximum absolute atomic E-state index is 11.9. The lowest BCUT2D eigenvalue weighted by Gasteiger charge is -2.08. The van der Waals surface area contributed by atoms with E-state index in [4.69, 9.17) is 28.9 Å². The number of hydrogen-bond acceptors (Lipinski definition) is 3. The van der Waals surface area contributed by atoms with Crippen molar-refractivity contribution in [2.45, 2.75) is 6.54 Å².